The second-order valence-corrected chi connectivity index (χ2v) is 7.69. The summed E-state index contributed by atoms with van der Waals surface area (Å²) in [5.74, 6) is -0.256. The number of hydrogen-bond donors (Lipinski definition) is 1. The van der Waals surface area contributed by atoms with Crippen LogP contribution in [0.4, 0.5) is 0 Å². The minimum atomic E-state index is -3.28. The molecule has 0 fully saturated rings. The van der Waals surface area contributed by atoms with Crippen LogP contribution in [0.1, 0.15) is 10.4 Å². The number of rotatable bonds is 6. The van der Waals surface area contributed by atoms with Crippen molar-refractivity contribution in [2.75, 3.05) is 26.4 Å². The summed E-state index contributed by atoms with van der Waals surface area (Å²) in [6, 6.07) is 15.0. The van der Waals surface area contributed by atoms with Crippen LogP contribution >= 0.6 is 11.6 Å². The van der Waals surface area contributed by atoms with E-state index in [2.05, 4.69) is 4.72 Å². The van der Waals surface area contributed by atoms with Gasteiger partial charge in [0.25, 0.3) is 5.91 Å². The summed E-state index contributed by atoms with van der Waals surface area (Å²) in [5.41, 5.74) is 2.27. The Balaban J connectivity index is 2.16. The molecule has 0 radical (unpaired) electrons. The van der Waals surface area contributed by atoms with E-state index in [0.717, 1.165) is 17.4 Å². The predicted octanol–water partition coefficient (Wildman–Crippen LogP) is 2.63. The normalized spacial score (nSPS) is 11.3. The maximum Gasteiger partial charge on any atom is 0.255 e. The lowest BCUT2D eigenvalue weighted by Crippen LogP contribution is -2.35. The van der Waals surface area contributed by atoms with Crippen LogP contribution in [0, 0.1) is 0 Å². The molecule has 0 aliphatic carbocycles. The van der Waals surface area contributed by atoms with Gasteiger partial charge in [0.1, 0.15) is 0 Å². The Morgan fingerprint density at radius 3 is 2.42 bits per heavy atom. The molecule has 0 atom stereocenters. The molecule has 24 heavy (non-hydrogen) atoms. The minimum Gasteiger partial charge on any atom is -0.340 e. The monoisotopic (exact) mass is 366 g/mol. The fourth-order valence-corrected chi connectivity index (χ4v) is 2.87. The zero-order valence-corrected chi connectivity index (χ0v) is 15.1. The van der Waals surface area contributed by atoms with Crippen molar-refractivity contribution in [1.82, 2.24) is 9.62 Å². The Morgan fingerprint density at radius 1 is 1.12 bits per heavy atom. The molecule has 0 aliphatic rings. The number of hydrogen-bond acceptors (Lipinski definition) is 3. The average molecular weight is 367 g/mol. The van der Waals surface area contributed by atoms with Crippen LogP contribution in [0.3, 0.4) is 0 Å². The lowest BCUT2D eigenvalue weighted by molar-refractivity contribution is 0.0798. The molecule has 0 saturated heterocycles. The van der Waals surface area contributed by atoms with Crippen LogP contribution in [-0.2, 0) is 10.0 Å². The SMILES string of the molecule is CN(CCNS(C)(=O)=O)C(=O)c1cc(-c2ccccc2)ccc1Cl. The molecule has 0 saturated carbocycles. The lowest BCUT2D eigenvalue weighted by Gasteiger charge is -2.18. The van der Waals surface area contributed by atoms with Crippen molar-refractivity contribution in [3.05, 3.63) is 59.1 Å². The summed E-state index contributed by atoms with van der Waals surface area (Å²) in [7, 11) is -1.67. The third kappa shape index (κ3) is 5.06. The summed E-state index contributed by atoms with van der Waals surface area (Å²) in [6.07, 6.45) is 1.08. The van der Waals surface area contributed by atoms with E-state index in [0.29, 0.717) is 10.6 Å². The van der Waals surface area contributed by atoms with E-state index < -0.39 is 10.0 Å². The van der Waals surface area contributed by atoms with Gasteiger partial charge in [-0.05, 0) is 23.3 Å². The van der Waals surface area contributed by atoms with Gasteiger partial charge in [0.15, 0.2) is 0 Å². The lowest BCUT2D eigenvalue weighted by atomic mass is 10.0. The van der Waals surface area contributed by atoms with Gasteiger partial charge in [0, 0.05) is 20.1 Å². The smallest absolute Gasteiger partial charge is 0.255 e. The molecular weight excluding hydrogens is 348 g/mol. The van der Waals surface area contributed by atoms with Crippen molar-refractivity contribution in [1.29, 1.82) is 0 Å². The van der Waals surface area contributed by atoms with Crippen LogP contribution in [0.25, 0.3) is 11.1 Å². The number of nitrogens with zero attached hydrogens (tertiary/aromatic N) is 1. The molecule has 2 aromatic carbocycles. The van der Waals surface area contributed by atoms with Crippen molar-refractivity contribution in [3.63, 3.8) is 0 Å². The van der Waals surface area contributed by atoms with Crippen molar-refractivity contribution in [2.24, 2.45) is 0 Å². The minimum absolute atomic E-state index is 0.150. The Bertz CT molecular complexity index is 823. The summed E-state index contributed by atoms with van der Waals surface area (Å²) in [4.78, 5) is 14.0. The van der Waals surface area contributed by atoms with Crippen LogP contribution in [0.15, 0.2) is 48.5 Å². The third-order valence-electron chi connectivity index (χ3n) is 3.46. The van der Waals surface area contributed by atoms with E-state index in [9.17, 15) is 13.2 Å². The molecule has 0 bridgehead atoms. The third-order valence-corrected chi connectivity index (χ3v) is 4.52. The van der Waals surface area contributed by atoms with Gasteiger partial charge < -0.3 is 4.90 Å². The van der Waals surface area contributed by atoms with Crippen LogP contribution in [-0.4, -0.2) is 45.6 Å². The molecule has 1 amide bonds. The van der Waals surface area contributed by atoms with E-state index in [-0.39, 0.29) is 19.0 Å². The predicted molar refractivity (Wildman–Crippen MR) is 96.7 cm³/mol. The Labute approximate surface area is 147 Å². The van der Waals surface area contributed by atoms with Gasteiger partial charge >= 0.3 is 0 Å². The number of carbonyl (C=O) groups is 1. The standard InChI is InChI=1S/C17H19ClN2O3S/c1-20(11-10-19-24(2,22)23)17(21)15-12-14(8-9-16(15)18)13-6-4-3-5-7-13/h3-9,12,19H,10-11H2,1-2H3. The van der Waals surface area contributed by atoms with Crippen molar-refractivity contribution in [2.45, 2.75) is 0 Å². The van der Waals surface area contributed by atoms with Crippen LogP contribution in [0.5, 0.6) is 0 Å². The number of sulfonamides is 1. The highest BCUT2D eigenvalue weighted by molar-refractivity contribution is 7.88. The Kier molecular flexibility index (Phi) is 5.99. The molecule has 7 heteroatoms. The second-order valence-electron chi connectivity index (χ2n) is 5.45. The Hall–Kier alpha value is -1.89. The number of halogens is 1. The van der Waals surface area contributed by atoms with Crippen molar-refractivity contribution < 1.29 is 13.2 Å². The van der Waals surface area contributed by atoms with Gasteiger partial charge in [0.2, 0.25) is 10.0 Å². The second kappa shape index (κ2) is 7.79. The topological polar surface area (TPSA) is 66.5 Å². The average Bonchev–Trinajstić information content (AvgIpc) is 2.54. The first kappa shape index (κ1) is 18.4. The molecule has 128 valence electrons. The molecule has 2 rings (SSSR count). The summed E-state index contributed by atoms with van der Waals surface area (Å²) >= 11 is 6.17. The first-order valence-corrected chi connectivity index (χ1v) is 9.60. The maximum absolute atomic E-state index is 12.6. The van der Waals surface area contributed by atoms with Gasteiger partial charge in [0.05, 0.1) is 16.8 Å². The quantitative estimate of drug-likeness (QED) is 0.854. The fraction of sp³-hybridized carbons (Fsp3) is 0.235. The fourth-order valence-electron chi connectivity index (χ4n) is 2.21. The molecule has 2 aromatic rings. The van der Waals surface area contributed by atoms with Gasteiger partial charge in [-0.3, -0.25) is 4.79 Å². The van der Waals surface area contributed by atoms with E-state index in [1.54, 1.807) is 19.2 Å². The largest absolute Gasteiger partial charge is 0.340 e. The number of carbonyl (C=O) groups excluding carboxylic acids is 1. The maximum atomic E-state index is 12.6. The molecule has 0 spiro atoms. The van der Waals surface area contributed by atoms with E-state index in [1.807, 2.05) is 36.4 Å². The Morgan fingerprint density at radius 2 is 1.79 bits per heavy atom. The number of nitrogens with one attached hydrogen (secondary N) is 1. The zero-order valence-electron chi connectivity index (χ0n) is 13.5. The highest BCUT2D eigenvalue weighted by atomic mass is 35.5. The first-order chi connectivity index (χ1) is 11.3. The van der Waals surface area contributed by atoms with Crippen molar-refractivity contribution >= 4 is 27.5 Å². The van der Waals surface area contributed by atoms with Gasteiger partial charge in [-0.1, -0.05) is 48.0 Å². The summed E-state index contributed by atoms with van der Waals surface area (Å²) in [6.45, 7) is 0.398. The highest BCUT2D eigenvalue weighted by Crippen LogP contribution is 2.25. The number of amides is 1. The van der Waals surface area contributed by atoms with E-state index in [4.69, 9.17) is 11.6 Å². The van der Waals surface area contributed by atoms with Crippen LogP contribution in [0.2, 0.25) is 5.02 Å². The van der Waals surface area contributed by atoms with Gasteiger partial charge in [-0.25, -0.2) is 13.1 Å². The number of likely N-dealkylation sites (N-methyl/N-ethyl adjacent to an activating group) is 1. The number of benzene rings is 2. The summed E-state index contributed by atoms with van der Waals surface area (Å²) in [5, 5.41) is 0.364. The molecule has 0 unspecified atom stereocenters. The zero-order chi connectivity index (χ0) is 17.7. The molecule has 5 nitrogen and oxygen atoms in total. The molecule has 0 heterocycles. The van der Waals surface area contributed by atoms with E-state index in [1.165, 1.54) is 4.90 Å². The summed E-state index contributed by atoms with van der Waals surface area (Å²) < 4.78 is 24.5. The molecule has 1 N–H and O–H groups in total. The molecule has 0 aromatic heterocycles. The van der Waals surface area contributed by atoms with Gasteiger partial charge in [-0.15, -0.1) is 0 Å². The van der Waals surface area contributed by atoms with E-state index >= 15 is 0 Å². The van der Waals surface area contributed by atoms with Gasteiger partial charge in [-0.2, -0.15) is 0 Å². The van der Waals surface area contributed by atoms with Crippen LogP contribution < -0.4 is 4.72 Å². The molecular formula is C17H19ClN2O3S. The van der Waals surface area contributed by atoms with Crippen molar-refractivity contribution in [3.8, 4) is 11.1 Å². The molecule has 0 aliphatic heterocycles. The first-order valence-electron chi connectivity index (χ1n) is 7.33. The highest BCUT2D eigenvalue weighted by Gasteiger charge is 2.16.